The number of rotatable bonds is 4. The Morgan fingerprint density at radius 1 is 1.33 bits per heavy atom. The van der Waals surface area contributed by atoms with Gasteiger partial charge in [0, 0.05) is 5.56 Å². The van der Waals surface area contributed by atoms with E-state index in [1.807, 2.05) is 38.1 Å². The van der Waals surface area contributed by atoms with Crippen LogP contribution in [-0.2, 0) is 6.54 Å². The van der Waals surface area contributed by atoms with E-state index in [4.69, 9.17) is 16.1 Å². The van der Waals surface area contributed by atoms with Crippen LogP contribution in [0.4, 0.5) is 0 Å². The molecule has 0 aliphatic heterocycles. The normalized spacial score (nSPS) is 12.5. The molecule has 0 bridgehead atoms. The maximum atomic E-state index is 5.95. The highest BCUT2D eigenvalue weighted by atomic mass is 35.5. The monoisotopic (exact) mass is 303 g/mol. The van der Waals surface area contributed by atoms with Crippen LogP contribution in [0.2, 0.25) is 0 Å². The molecule has 0 saturated heterocycles. The molecule has 0 aliphatic carbocycles. The predicted molar refractivity (Wildman–Crippen MR) is 77.9 cm³/mol. The molecule has 0 radical (unpaired) electrons. The lowest BCUT2D eigenvalue weighted by Crippen LogP contribution is -2.00. The molecule has 7 heteroatoms. The van der Waals surface area contributed by atoms with E-state index in [0.717, 1.165) is 16.8 Å². The van der Waals surface area contributed by atoms with Gasteiger partial charge in [0.25, 0.3) is 0 Å². The molecule has 0 saturated carbocycles. The molecule has 0 N–H and O–H groups in total. The number of halogens is 1. The smallest absolute Gasteiger partial charge is 0.248 e. The van der Waals surface area contributed by atoms with E-state index in [0.29, 0.717) is 18.3 Å². The average molecular weight is 304 g/mol. The van der Waals surface area contributed by atoms with Gasteiger partial charge < -0.3 is 4.52 Å². The third-order valence-electron chi connectivity index (χ3n) is 3.12. The lowest BCUT2D eigenvalue weighted by atomic mass is 10.1. The molecular weight excluding hydrogens is 290 g/mol. The fourth-order valence-electron chi connectivity index (χ4n) is 1.96. The minimum absolute atomic E-state index is 0.177. The van der Waals surface area contributed by atoms with Crippen molar-refractivity contribution in [2.75, 3.05) is 0 Å². The Kier molecular flexibility index (Phi) is 3.70. The maximum Gasteiger partial charge on any atom is 0.248 e. The summed E-state index contributed by atoms with van der Waals surface area (Å²) < 4.78 is 6.89. The summed E-state index contributed by atoms with van der Waals surface area (Å²) in [6, 6.07) is 7.90. The van der Waals surface area contributed by atoms with Gasteiger partial charge in [-0.15, -0.1) is 16.7 Å². The molecular formula is C14H14ClN5O. The number of nitrogens with zero attached hydrogens (tertiary/aromatic N) is 5. The van der Waals surface area contributed by atoms with Crippen LogP contribution >= 0.6 is 11.6 Å². The van der Waals surface area contributed by atoms with Crippen LogP contribution in [0.25, 0.3) is 11.4 Å². The third-order valence-corrected chi connectivity index (χ3v) is 3.34. The molecule has 1 unspecified atom stereocenters. The highest BCUT2D eigenvalue weighted by Gasteiger charge is 2.12. The van der Waals surface area contributed by atoms with Crippen LogP contribution in [0, 0.1) is 6.92 Å². The van der Waals surface area contributed by atoms with Crippen molar-refractivity contribution in [1.82, 2.24) is 25.1 Å². The molecule has 108 valence electrons. The van der Waals surface area contributed by atoms with E-state index >= 15 is 0 Å². The van der Waals surface area contributed by atoms with Gasteiger partial charge in [0.2, 0.25) is 11.7 Å². The van der Waals surface area contributed by atoms with Gasteiger partial charge in [-0.25, -0.2) is 4.68 Å². The topological polar surface area (TPSA) is 69.6 Å². The molecule has 3 aromatic rings. The van der Waals surface area contributed by atoms with Crippen LogP contribution in [0.1, 0.15) is 29.4 Å². The van der Waals surface area contributed by atoms with E-state index in [9.17, 15) is 0 Å². The third kappa shape index (κ3) is 2.95. The molecule has 0 amide bonds. The Labute approximate surface area is 126 Å². The van der Waals surface area contributed by atoms with Crippen LogP contribution in [-0.4, -0.2) is 25.1 Å². The quantitative estimate of drug-likeness (QED) is 0.693. The fraction of sp³-hybridized carbons (Fsp3) is 0.286. The van der Waals surface area contributed by atoms with E-state index in [1.165, 1.54) is 0 Å². The van der Waals surface area contributed by atoms with Crippen molar-refractivity contribution in [2.45, 2.75) is 25.8 Å². The van der Waals surface area contributed by atoms with Crippen molar-refractivity contribution >= 4 is 11.6 Å². The molecule has 1 atom stereocenters. The lowest BCUT2D eigenvalue weighted by molar-refractivity contribution is 0.364. The van der Waals surface area contributed by atoms with Gasteiger partial charge in [0.15, 0.2) is 0 Å². The van der Waals surface area contributed by atoms with Gasteiger partial charge in [-0.05, 0) is 19.4 Å². The van der Waals surface area contributed by atoms with Gasteiger partial charge in [0.1, 0.15) is 12.2 Å². The second-order valence-electron chi connectivity index (χ2n) is 4.78. The van der Waals surface area contributed by atoms with E-state index in [2.05, 4.69) is 20.5 Å². The van der Waals surface area contributed by atoms with Crippen molar-refractivity contribution < 1.29 is 4.52 Å². The second-order valence-corrected chi connectivity index (χ2v) is 5.44. The van der Waals surface area contributed by atoms with E-state index in [1.54, 1.807) is 10.9 Å². The zero-order valence-electron chi connectivity index (χ0n) is 11.7. The Morgan fingerprint density at radius 2 is 2.14 bits per heavy atom. The molecule has 6 nitrogen and oxygen atoms in total. The minimum atomic E-state index is -0.177. The summed E-state index contributed by atoms with van der Waals surface area (Å²) >= 11 is 5.95. The van der Waals surface area contributed by atoms with E-state index < -0.39 is 0 Å². The second kappa shape index (κ2) is 5.65. The molecule has 2 heterocycles. The first-order valence-corrected chi connectivity index (χ1v) is 7.00. The van der Waals surface area contributed by atoms with Crippen molar-refractivity contribution in [3.63, 3.8) is 0 Å². The Balaban J connectivity index is 1.80. The van der Waals surface area contributed by atoms with Crippen molar-refractivity contribution in [2.24, 2.45) is 0 Å². The summed E-state index contributed by atoms with van der Waals surface area (Å²) in [5, 5.41) is 11.8. The summed E-state index contributed by atoms with van der Waals surface area (Å²) in [6.07, 6.45) is 1.77. The molecule has 2 aromatic heterocycles. The van der Waals surface area contributed by atoms with Gasteiger partial charge in [-0.2, -0.15) is 4.98 Å². The van der Waals surface area contributed by atoms with Crippen molar-refractivity contribution in [1.29, 1.82) is 0 Å². The summed E-state index contributed by atoms with van der Waals surface area (Å²) in [5.41, 5.74) is 2.78. The average Bonchev–Trinajstić information content (AvgIpc) is 3.09. The lowest BCUT2D eigenvalue weighted by Gasteiger charge is -1.98. The number of hydrogen-bond acceptors (Lipinski definition) is 5. The molecule has 0 spiro atoms. The number of aryl methyl sites for hydroxylation is 1. The first-order valence-electron chi connectivity index (χ1n) is 6.56. The largest absolute Gasteiger partial charge is 0.337 e. The highest BCUT2D eigenvalue weighted by molar-refractivity contribution is 6.20. The Bertz CT molecular complexity index is 749. The Morgan fingerprint density at radius 3 is 2.86 bits per heavy atom. The van der Waals surface area contributed by atoms with Gasteiger partial charge in [-0.1, -0.05) is 34.6 Å². The fourth-order valence-corrected chi connectivity index (χ4v) is 2.06. The molecule has 0 aliphatic rings. The summed E-state index contributed by atoms with van der Waals surface area (Å²) in [6.45, 7) is 4.23. The SMILES string of the molecule is Cc1ccccc1-c1noc(Cn2cc(C(C)Cl)nn2)n1. The first-order chi connectivity index (χ1) is 10.1. The van der Waals surface area contributed by atoms with Crippen LogP contribution in [0.5, 0.6) is 0 Å². The Hall–Kier alpha value is -2.21. The standard InChI is InChI=1S/C14H14ClN5O/c1-9-5-3-4-6-11(9)14-16-13(21-18-14)8-20-7-12(10(2)15)17-19-20/h3-7,10H,8H2,1-2H3. The number of benzene rings is 1. The van der Waals surface area contributed by atoms with Crippen molar-refractivity contribution in [3.05, 3.63) is 47.6 Å². The highest BCUT2D eigenvalue weighted by Crippen LogP contribution is 2.20. The van der Waals surface area contributed by atoms with Gasteiger partial charge >= 0.3 is 0 Å². The van der Waals surface area contributed by atoms with Crippen LogP contribution in [0.3, 0.4) is 0 Å². The van der Waals surface area contributed by atoms with Gasteiger partial charge in [-0.3, -0.25) is 0 Å². The summed E-state index contributed by atoms with van der Waals surface area (Å²) in [7, 11) is 0. The molecule has 1 aromatic carbocycles. The van der Waals surface area contributed by atoms with Crippen molar-refractivity contribution in [3.8, 4) is 11.4 Å². The first kappa shape index (κ1) is 13.8. The van der Waals surface area contributed by atoms with Gasteiger partial charge in [0.05, 0.1) is 11.6 Å². The molecule has 3 rings (SSSR count). The van der Waals surface area contributed by atoms with E-state index in [-0.39, 0.29) is 5.38 Å². The number of alkyl halides is 1. The maximum absolute atomic E-state index is 5.95. The minimum Gasteiger partial charge on any atom is -0.337 e. The zero-order chi connectivity index (χ0) is 14.8. The summed E-state index contributed by atoms with van der Waals surface area (Å²) in [5.74, 6) is 1.06. The summed E-state index contributed by atoms with van der Waals surface area (Å²) in [4.78, 5) is 4.39. The molecule has 21 heavy (non-hydrogen) atoms. The van der Waals surface area contributed by atoms with Crippen LogP contribution < -0.4 is 0 Å². The molecule has 0 fully saturated rings. The number of aromatic nitrogens is 5. The predicted octanol–water partition coefficient (Wildman–Crippen LogP) is 2.98. The zero-order valence-corrected chi connectivity index (χ0v) is 12.4. The number of hydrogen-bond donors (Lipinski definition) is 0. The van der Waals surface area contributed by atoms with Crippen LogP contribution in [0.15, 0.2) is 35.0 Å².